The van der Waals surface area contributed by atoms with Crippen LogP contribution in [0.1, 0.15) is 17.4 Å². The van der Waals surface area contributed by atoms with Crippen LogP contribution in [0.4, 0.5) is 4.79 Å². The number of benzene rings is 1. The van der Waals surface area contributed by atoms with Crippen LogP contribution in [0.2, 0.25) is 5.02 Å². The molecule has 2 heterocycles. The van der Waals surface area contributed by atoms with E-state index in [-0.39, 0.29) is 18.7 Å². The van der Waals surface area contributed by atoms with E-state index >= 15 is 0 Å². The van der Waals surface area contributed by atoms with Crippen molar-refractivity contribution >= 4 is 39.5 Å². The average Bonchev–Trinajstić information content (AvgIpc) is 3.16. The van der Waals surface area contributed by atoms with Crippen LogP contribution in [-0.4, -0.2) is 64.4 Å². The Morgan fingerprint density at radius 1 is 1.18 bits per heavy atom. The second-order valence-corrected chi connectivity index (χ2v) is 7.36. The fourth-order valence-corrected chi connectivity index (χ4v) is 3.54. The minimum Gasteiger partial charge on any atom is -0.470 e. The number of aromatic nitrogens is 2. The Morgan fingerprint density at radius 3 is 2.57 bits per heavy atom. The van der Waals surface area contributed by atoms with E-state index in [0.29, 0.717) is 49.3 Å². The van der Waals surface area contributed by atoms with Gasteiger partial charge in [-0.3, -0.25) is 4.79 Å². The first kappa shape index (κ1) is 20.5. The second-order valence-electron chi connectivity index (χ2n) is 6.07. The molecule has 0 aliphatic carbocycles. The molecule has 1 aliphatic heterocycles. The van der Waals surface area contributed by atoms with E-state index in [9.17, 15) is 9.59 Å². The summed E-state index contributed by atoms with van der Waals surface area (Å²) in [7, 11) is 0. The Labute approximate surface area is 176 Å². The van der Waals surface area contributed by atoms with E-state index in [1.54, 1.807) is 51.9 Å². The van der Waals surface area contributed by atoms with E-state index in [1.165, 1.54) is 0 Å². The molecular weight excluding hydrogens is 452 g/mol. The Hall–Kier alpha value is -2.26. The summed E-state index contributed by atoms with van der Waals surface area (Å²) in [4.78, 5) is 27.7. The number of halogens is 2. The summed E-state index contributed by atoms with van der Waals surface area (Å²) < 4.78 is 13.0. The van der Waals surface area contributed by atoms with Gasteiger partial charge in [-0.2, -0.15) is 5.10 Å². The molecule has 0 unspecified atom stereocenters. The lowest BCUT2D eigenvalue weighted by Crippen LogP contribution is -2.50. The Morgan fingerprint density at radius 2 is 1.89 bits per heavy atom. The molecule has 2 aromatic rings. The second kappa shape index (κ2) is 9.29. The summed E-state index contributed by atoms with van der Waals surface area (Å²) in [6.07, 6.45) is 1.34. The molecule has 0 N–H and O–H groups in total. The van der Waals surface area contributed by atoms with Crippen molar-refractivity contribution in [2.24, 2.45) is 0 Å². The first-order chi connectivity index (χ1) is 13.5. The van der Waals surface area contributed by atoms with Gasteiger partial charge in [0, 0.05) is 37.4 Å². The lowest BCUT2D eigenvalue weighted by atomic mass is 10.3. The van der Waals surface area contributed by atoms with E-state index in [1.807, 2.05) is 0 Å². The van der Waals surface area contributed by atoms with Gasteiger partial charge in [0.15, 0.2) is 12.4 Å². The van der Waals surface area contributed by atoms with Gasteiger partial charge < -0.3 is 19.3 Å². The highest BCUT2D eigenvalue weighted by molar-refractivity contribution is 9.10. The van der Waals surface area contributed by atoms with Crippen molar-refractivity contribution in [3.63, 3.8) is 0 Å². The van der Waals surface area contributed by atoms with E-state index in [4.69, 9.17) is 21.1 Å². The maximum absolute atomic E-state index is 12.6. The molecule has 1 fully saturated rings. The van der Waals surface area contributed by atoms with Gasteiger partial charge in [0.25, 0.3) is 5.91 Å². The molecule has 1 aliphatic rings. The van der Waals surface area contributed by atoms with Gasteiger partial charge in [0.1, 0.15) is 5.75 Å². The predicted molar refractivity (Wildman–Crippen MR) is 107 cm³/mol. The van der Waals surface area contributed by atoms with Crippen LogP contribution < -0.4 is 4.74 Å². The quantitative estimate of drug-likeness (QED) is 0.669. The highest BCUT2D eigenvalue weighted by Gasteiger charge is 2.26. The fraction of sp³-hybridized carbons (Fsp3) is 0.389. The molecule has 1 aromatic heterocycles. The number of hydrogen-bond donors (Lipinski definition) is 0. The van der Waals surface area contributed by atoms with Crippen molar-refractivity contribution in [1.82, 2.24) is 19.6 Å². The highest BCUT2D eigenvalue weighted by atomic mass is 79.9. The standard InChI is InChI=1S/C18H20BrClN4O4/c1-2-27-18(26)23-9-7-22(8-10-23)17(25)15-5-6-24(21-15)12-28-16-4-3-13(20)11-14(16)19/h3-6,11H,2,7-10,12H2,1H3. The molecule has 150 valence electrons. The third kappa shape index (κ3) is 4.96. The van der Waals surface area contributed by atoms with E-state index in [2.05, 4.69) is 21.0 Å². The lowest BCUT2D eigenvalue weighted by Gasteiger charge is -2.33. The molecule has 0 spiro atoms. The monoisotopic (exact) mass is 470 g/mol. The summed E-state index contributed by atoms with van der Waals surface area (Å²) >= 11 is 9.30. The number of carbonyl (C=O) groups is 2. The van der Waals surface area contributed by atoms with Crippen LogP contribution in [0.15, 0.2) is 34.9 Å². The smallest absolute Gasteiger partial charge is 0.409 e. The summed E-state index contributed by atoms with van der Waals surface area (Å²) in [6, 6.07) is 6.88. The number of ether oxygens (including phenoxy) is 2. The van der Waals surface area contributed by atoms with E-state index < -0.39 is 0 Å². The van der Waals surface area contributed by atoms with E-state index in [0.717, 1.165) is 4.47 Å². The Bertz CT molecular complexity index is 852. The molecule has 2 amide bonds. The van der Waals surface area contributed by atoms with Crippen LogP contribution >= 0.6 is 27.5 Å². The zero-order valence-corrected chi connectivity index (χ0v) is 17.6. The van der Waals surface area contributed by atoms with Gasteiger partial charge in [-0.1, -0.05) is 11.6 Å². The fourth-order valence-electron chi connectivity index (χ4n) is 2.74. The number of rotatable bonds is 5. The molecule has 1 aromatic carbocycles. The zero-order chi connectivity index (χ0) is 20.1. The molecule has 0 saturated carbocycles. The van der Waals surface area contributed by atoms with Gasteiger partial charge in [0.2, 0.25) is 0 Å². The molecule has 10 heteroatoms. The third-order valence-corrected chi connectivity index (χ3v) is 5.05. The summed E-state index contributed by atoms with van der Waals surface area (Å²) in [6.45, 7) is 4.03. The molecule has 0 atom stereocenters. The van der Waals surface area contributed by atoms with Gasteiger partial charge in [-0.05, 0) is 47.1 Å². The third-order valence-electron chi connectivity index (χ3n) is 4.20. The minimum absolute atomic E-state index is 0.157. The number of amides is 2. The number of nitrogens with zero attached hydrogens (tertiary/aromatic N) is 4. The Balaban J connectivity index is 1.53. The van der Waals surface area contributed by atoms with Crippen molar-refractivity contribution < 1.29 is 19.1 Å². The topological polar surface area (TPSA) is 76.9 Å². The van der Waals surface area contributed by atoms with Crippen LogP contribution in [0.3, 0.4) is 0 Å². The van der Waals surface area contributed by atoms with Gasteiger partial charge in [-0.25, -0.2) is 9.48 Å². The molecule has 8 nitrogen and oxygen atoms in total. The first-order valence-corrected chi connectivity index (χ1v) is 9.97. The maximum atomic E-state index is 12.6. The van der Waals surface area contributed by atoms with Gasteiger partial charge in [-0.15, -0.1) is 0 Å². The summed E-state index contributed by atoms with van der Waals surface area (Å²) in [5.74, 6) is 0.456. The minimum atomic E-state index is -0.343. The lowest BCUT2D eigenvalue weighted by molar-refractivity contribution is 0.0564. The molecule has 3 rings (SSSR count). The van der Waals surface area contributed by atoms with Crippen LogP contribution in [0, 0.1) is 0 Å². The number of hydrogen-bond acceptors (Lipinski definition) is 5. The molecule has 0 radical (unpaired) electrons. The zero-order valence-electron chi connectivity index (χ0n) is 15.3. The van der Waals surface area contributed by atoms with Crippen molar-refractivity contribution in [2.75, 3.05) is 32.8 Å². The van der Waals surface area contributed by atoms with Gasteiger partial charge >= 0.3 is 6.09 Å². The average molecular weight is 472 g/mol. The van der Waals surface area contributed by atoms with Crippen molar-refractivity contribution in [2.45, 2.75) is 13.7 Å². The first-order valence-electron chi connectivity index (χ1n) is 8.80. The highest BCUT2D eigenvalue weighted by Crippen LogP contribution is 2.28. The van der Waals surface area contributed by atoms with Crippen LogP contribution in [0.5, 0.6) is 5.75 Å². The molecule has 1 saturated heterocycles. The summed E-state index contributed by atoms with van der Waals surface area (Å²) in [5.41, 5.74) is 0.336. The predicted octanol–water partition coefficient (Wildman–Crippen LogP) is 3.25. The largest absolute Gasteiger partial charge is 0.470 e. The molecular formula is C18H20BrClN4O4. The van der Waals surface area contributed by atoms with Crippen molar-refractivity contribution in [1.29, 1.82) is 0 Å². The Kier molecular flexibility index (Phi) is 6.79. The van der Waals surface area contributed by atoms with Crippen molar-refractivity contribution in [3.05, 3.63) is 45.7 Å². The summed E-state index contributed by atoms with van der Waals surface area (Å²) in [5, 5.41) is 4.89. The number of piperazine rings is 1. The van der Waals surface area contributed by atoms with Crippen molar-refractivity contribution in [3.8, 4) is 5.75 Å². The van der Waals surface area contributed by atoms with Crippen LogP contribution in [0.25, 0.3) is 0 Å². The number of carbonyl (C=O) groups excluding carboxylic acids is 2. The SMILES string of the molecule is CCOC(=O)N1CCN(C(=O)c2ccn(COc3ccc(Cl)cc3Br)n2)CC1. The molecule has 28 heavy (non-hydrogen) atoms. The van der Waals surface area contributed by atoms with Crippen LogP contribution in [-0.2, 0) is 11.5 Å². The van der Waals surface area contributed by atoms with Gasteiger partial charge in [0.05, 0.1) is 11.1 Å². The maximum Gasteiger partial charge on any atom is 0.409 e. The normalized spacial score (nSPS) is 14.1. The molecule has 0 bridgehead atoms.